The van der Waals surface area contributed by atoms with Crippen LogP contribution >= 0.6 is 24.0 Å². The number of halogens is 2. The lowest BCUT2D eigenvalue weighted by atomic mass is 9.80. The number of carbonyl (C=O) groups excluding carboxylic acids is 1. The van der Waals surface area contributed by atoms with Gasteiger partial charge in [-0.15, -0.1) is 24.0 Å². The summed E-state index contributed by atoms with van der Waals surface area (Å²) in [6, 6.07) is 7.67. The summed E-state index contributed by atoms with van der Waals surface area (Å²) in [5, 5.41) is 17.2. The number of rotatable bonds is 5. The molecule has 0 saturated heterocycles. The Bertz CT molecular complexity index is 705. The standard InChI is InChI=1S/C16H18ClN3O2.ClH/c17-8-14(21)20-13-9-18-12-5-2-1-4-11(12)15(13)19-10-16(22)6-3-7-16;/h1-2,4-5,9,22H,3,6-8,10H2,(H,18,19)(H,20,21);1H. The van der Waals surface area contributed by atoms with Crippen molar-refractivity contribution in [3.8, 4) is 0 Å². The van der Waals surface area contributed by atoms with E-state index in [0.717, 1.165) is 35.9 Å². The summed E-state index contributed by atoms with van der Waals surface area (Å²) in [5.74, 6) is -0.403. The van der Waals surface area contributed by atoms with Crippen LogP contribution in [0.25, 0.3) is 10.9 Å². The Morgan fingerprint density at radius 1 is 1.35 bits per heavy atom. The summed E-state index contributed by atoms with van der Waals surface area (Å²) >= 11 is 5.56. The molecule has 1 saturated carbocycles. The average molecular weight is 356 g/mol. The highest BCUT2D eigenvalue weighted by Crippen LogP contribution is 2.34. The summed E-state index contributed by atoms with van der Waals surface area (Å²) < 4.78 is 0. The van der Waals surface area contributed by atoms with Gasteiger partial charge in [0.05, 0.1) is 28.7 Å². The fraction of sp³-hybridized carbons (Fsp3) is 0.375. The van der Waals surface area contributed by atoms with Crippen LogP contribution in [-0.2, 0) is 4.79 Å². The van der Waals surface area contributed by atoms with E-state index in [0.29, 0.717) is 12.2 Å². The largest absolute Gasteiger partial charge is 0.388 e. The lowest BCUT2D eigenvalue weighted by Gasteiger charge is -2.37. The third kappa shape index (κ3) is 3.86. The fourth-order valence-electron chi connectivity index (χ4n) is 2.62. The maximum Gasteiger partial charge on any atom is 0.239 e. The summed E-state index contributed by atoms with van der Waals surface area (Å²) in [5.41, 5.74) is 1.52. The van der Waals surface area contributed by atoms with Crippen LogP contribution in [0.4, 0.5) is 11.4 Å². The molecule has 1 heterocycles. The van der Waals surface area contributed by atoms with Crippen LogP contribution in [0.3, 0.4) is 0 Å². The van der Waals surface area contributed by atoms with Gasteiger partial charge in [-0.2, -0.15) is 0 Å². The van der Waals surface area contributed by atoms with Gasteiger partial charge in [-0.3, -0.25) is 9.78 Å². The van der Waals surface area contributed by atoms with E-state index in [4.69, 9.17) is 11.6 Å². The van der Waals surface area contributed by atoms with E-state index in [1.807, 2.05) is 24.3 Å². The molecule has 1 aliphatic rings. The number of aromatic nitrogens is 1. The molecule has 1 aromatic carbocycles. The van der Waals surface area contributed by atoms with Crippen LogP contribution in [0.15, 0.2) is 30.5 Å². The second-order valence-corrected chi connectivity index (χ2v) is 5.94. The van der Waals surface area contributed by atoms with Gasteiger partial charge in [0.25, 0.3) is 0 Å². The lowest BCUT2D eigenvalue weighted by molar-refractivity contribution is -0.113. The molecule has 1 fully saturated rings. The Hall–Kier alpha value is -1.56. The number of hydrogen-bond acceptors (Lipinski definition) is 4. The van der Waals surface area contributed by atoms with E-state index in [2.05, 4.69) is 15.6 Å². The Morgan fingerprint density at radius 2 is 2.09 bits per heavy atom. The molecule has 1 aliphatic carbocycles. The fourth-order valence-corrected chi connectivity index (χ4v) is 2.69. The van der Waals surface area contributed by atoms with Gasteiger partial charge in [0, 0.05) is 11.9 Å². The third-order valence-corrected chi connectivity index (χ3v) is 4.29. The monoisotopic (exact) mass is 355 g/mol. The van der Waals surface area contributed by atoms with Crippen LogP contribution in [0.2, 0.25) is 0 Å². The molecule has 0 spiro atoms. The van der Waals surface area contributed by atoms with Crippen LogP contribution in [-0.4, -0.2) is 34.0 Å². The number of pyridine rings is 1. The minimum Gasteiger partial charge on any atom is -0.388 e. The number of amides is 1. The summed E-state index contributed by atoms with van der Waals surface area (Å²) in [7, 11) is 0. The Kier molecular flexibility index (Phi) is 5.68. The van der Waals surface area contributed by atoms with Gasteiger partial charge in [0.1, 0.15) is 5.88 Å². The molecule has 0 atom stereocenters. The number of alkyl halides is 1. The van der Waals surface area contributed by atoms with E-state index >= 15 is 0 Å². The quantitative estimate of drug-likeness (QED) is 0.720. The van der Waals surface area contributed by atoms with Crippen molar-refractivity contribution in [1.82, 2.24) is 4.98 Å². The van der Waals surface area contributed by atoms with Crippen LogP contribution < -0.4 is 10.6 Å². The number of benzene rings is 1. The van der Waals surface area contributed by atoms with Gasteiger partial charge < -0.3 is 15.7 Å². The van der Waals surface area contributed by atoms with E-state index < -0.39 is 5.60 Å². The van der Waals surface area contributed by atoms with E-state index in [1.54, 1.807) is 6.20 Å². The molecular weight excluding hydrogens is 337 g/mol. The zero-order valence-corrected chi connectivity index (χ0v) is 14.1. The molecule has 2 aromatic rings. The van der Waals surface area contributed by atoms with Gasteiger partial charge in [-0.05, 0) is 25.3 Å². The van der Waals surface area contributed by atoms with Gasteiger partial charge in [0.15, 0.2) is 0 Å². The molecule has 3 rings (SSSR count). The first kappa shape index (κ1) is 17.8. The maximum absolute atomic E-state index is 11.6. The van der Waals surface area contributed by atoms with Crippen molar-refractivity contribution in [3.63, 3.8) is 0 Å². The molecule has 1 amide bonds. The number of fused-ring (bicyclic) bond motifs is 1. The van der Waals surface area contributed by atoms with Crippen molar-refractivity contribution in [2.45, 2.75) is 24.9 Å². The molecule has 5 nitrogen and oxygen atoms in total. The molecule has 124 valence electrons. The Morgan fingerprint density at radius 3 is 2.74 bits per heavy atom. The highest BCUT2D eigenvalue weighted by molar-refractivity contribution is 6.29. The molecule has 7 heteroatoms. The zero-order chi connectivity index (χ0) is 15.6. The SMILES string of the molecule is Cl.O=C(CCl)Nc1cnc2ccccc2c1NCC1(O)CCC1. The van der Waals surface area contributed by atoms with Crippen molar-refractivity contribution in [3.05, 3.63) is 30.5 Å². The maximum atomic E-state index is 11.6. The van der Waals surface area contributed by atoms with Crippen molar-refractivity contribution in [1.29, 1.82) is 0 Å². The predicted octanol–water partition coefficient (Wildman–Crippen LogP) is 3.16. The van der Waals surface area contributed by atoms with Crippen molar-refractivity contribution in [2.24, 2.45) is 0 Å². The minimum atomic E-state index is -0.655. The second kappa shape index (κ2) is 7.34. The zero-order valence-electron chi connectivity index (χ0n) is 12.5. The highest BCUT2D eigenvalue weighted by atomic mass is 35.5. The molecule has 1 aromatic heterocycles. The van der Waals surface area contributed by atoms with Crippen LogP contribution in [0.5, 0.6) is 0 Å². The number of anilines is 2. The van der Waals surface area contributed by atoms with Crippen molar-refractivity contribution in [2.75, 3.05) is 23.1 Å². The van der Waals surface area contributed by atoms with E-state index in [-0.39, 0.29) is 24.2 Å². The van der Waals surface area contributed by atoms with Crippen molar-refractivity contribution < 1.29 is 9.90 Å². The first-order valence-corrected chi connectivity index (χ1v) is 7.85. The minimum absolute atomic E-state index is 0. The van der Waals surface area contributed by atoms with Gasteiger partial charge in [0.2, 0.25) is 5.91 Å². The molecule has 0 radical (unpaired) electrons. The molecule has 0 unspecified atom stereocenters. The number of nitrogens with zero attached hydrogens (tertiary/aromatic N) is 1. The van der Waals surface area contributed by atoms with Gasteiger partial charge in [-0.1, -0.05) is 18.2 Å². The average Bonchev–Trinajstić information content (AvgIpc) is 2.51. The number of hydrogen-bond donors (Lipinski definition) is 3. The van der Waals surface area contributed by atoms with Crippen LogP contribution in [0, 0.1) is 0 Å². The number of aliphatic hydroxyl groups is 1. The summed E-state index contributed by atoms with van der Waals surface area (Å²) in [6.45, 7) is 0.449. The third-order valence-electron chi connectivity index (χ3n) is 4.05. The van der Waals surface area contributed by atoms with Crippen LogP contribution in [0.1, 0.15) is 19.3 Å². The van der Waals surface area contributed by atoms with Gasteiger partial charge >= 0.3 is 0 Å². The van der Waals surface area contributed by atoms with Crippen molar-refractivity contribution >= 4 is 52.2 Å². The second-order valence-electron chi connectivity index (χ2n) is 5.68. The predicted molar refractivity (Wildman–Crippen MR) is 95.6 cm³/mol. The Labute approximate surface area is 145 Å². The summed E-state index contributed by atoms with van der Waals surface area (Å²) in [4.78, 5) is 15.9. The molecule has 0 bridgehead atoms. The molecule has 3 N–H and O–H groups in total. The Balaban J connectivity index is 0.00000192. The smallest absolute Gasteiger partial charge is 0.239 e. The first-order chi connectivity index (χ1) is 10.6. The molecule has 23 heavy (non-hydrogen) atoms. The van der Waals surface area contributed by atoms with Gasteiger partial charge in [-0.25, -0.2) is 0 Å². The lowest BCUT2D eigenvalue weighted by Crippen LogP contribution is -2.43. The number of carbonyl (C=O) groups is 1. The number of nitrogens with one attached hydrogen (secondary N) is 2. The molecular formula is C16H19Cl2N3O2. The highest BCUT2D eigenvalue weighted by Gasteiger charge is 2.34. The number of para-hydroxylation sites is 1. The normalized spacial score (nSPS) is 15.4. The van der Waals surface area contributed by atoms with E-state index in [1.165, 1.54) is 0 Å². The van der Waals surface area contributed by atoms with E-state index in [9.17, 15) is 9.90 Å². The summed E-state index contributed by atoms with van der Waals surface area (Å²) in [6.07, 6.45) is 4.25. The molecule has 0 aliphatic heterocycles. The topological polar surface area (TPSA) is 74.2 Å². The first-order valence-electron chi connectivity index (χ1n) is 7.31.